The smallest absolute Gasteiger partial charge is 0.242 e. The summed E-state index contributed by atoms with van der Waals surface area (Å²) in [5.74, 6) is -0.502. The number of likely N-dealkylation sites (N-methyl/N-ethyl adjacent to an activating group) is 1. The Hall–Kier alpha value is -3.36. The standard InChI is InChI=1S/C30H36ClN3O4S/c1-22-12-13-23(2)27(19-22)34(39(4,37)38)18-8-11-29(35)33(21-25-14-16-26(31)17-15-25)28(30(36)32-3)20-24-9-6-5-7-10-24/h5-7,9-10,12-17,19,28H,8,11,18,20-21H2,1-4H3,(H,32,36). The number of aryl methyl sites for hydroxylation is 2. The molecule has 0 bridgehead atoms. The summed E-state index contributed by atoms with van der Waals surface area (Å²) in [6.07, 6.45) is 1.89. The summed E-state index contributed by atoms with van der Waals surface area (Å²) in [6.45, 7) is 4.14. The molecule has 1 atom stereocenters. The SMILES string of the molecule is CNC(=O)C(Cc1ccccc1)N(Cc1ccc(Cl)cc1)C(=O)CCCN(c1cc(C)ccc1C)S(C)(=O)=O. The van der Waals surface area contributed by atoms with Crippen LogP contribution in [0.4, 0.5) is 5.69 Å². The zero-order valence-corrected chi connectivity index (χ0v) is 24.4. The lowest BCUT2D eigenvalue weighted by Gasteiger charge is -2.31. The van der Waals surface area contributed by atoms with Gasteiger partial charge in [-0.3, -0.25) is 13.9 Å². The quantitative estimate of drug-likeness (QED) is 0.336. The van der Waals surface area contributed by atoms with E-state index < -0.39 is 16.1 Å². The minimum Gasteiger partial charge on any atom is -0.357 e. The number of sulfonamides is 1. The van der Waals surface area contributed by atoms with E-state index in [0.29, 0.717) is 23.6 Å². The highest BCUT2D eigenvalue weighted by molar-refractivity contribution is 7.92. The third-order valence-corrected chi connectivity index (χ3v) is 8.00. The van der Waals surface area contributed by atoms with Crippen LogP contribution in [0, 0.1) is 13.8 Å². The number of benzene rings is 3. The molecule has 39 heavy (non-hydrogen) atoms. The lowest BCUT2D eigenvalue weighted by molar-refractivity contribution is -0.141. The van der Waals surface area contributed by atoms with Crippen LogP contribution in [0.2, 0.25) is 5.02 Å². The summed E-state index contributed by atoms with van der Waals surface area (Å²) < 4.78 is 26.7. The molecule has 3 rings (SSSR count). The molecule has 0 saturated heterocycles. The highest BCUT2D eigenvalue weighted by atomic mass is 35.5. The number of carbonyl (C=O) groups excluding carboxylic acids is 2. The van der Waals surface area contributed by atoms with E-state index in [0.717, 1.165) is 22.3 Å². The summed E-state index contributed by atoms with van der Waals surface area (Å²) in [4.78, 5) is 28.3. The van der Waals surface area contributed by atoms with Crippen molar-refractivity contribution in [3.63, 3.8) is 0 Å². The van der Waals surface area contributed by atoms with Crippen LogP contribution in [-0.2, 0) is 32.6 Å². The molecule has 7 nitrogen and oxygen atoms in total. The van der Waals surface area contributed by atoms with Crippen molar-refractivity contribution in [2.45, 2.75) is 45.7 Å². The maximum absolute atomic E-state index is 13.7. The molecule has 0 aliphatic carbocycles. The molecule has 0 fully saturated rings. The van der Waals surface area contributed by atoms with Crippen molar-refractivity contribution in [2.75, 3.05) is 24.2 Å². The molecule has 0 spiro atoms. The predicted molar refractivity (Wildman–Crippen MR) is 157 cm³/mol. The second-order valence-corrected chi connectivity index (χ2v) is 12.0. The molecular weight excluding hydrogens is 534 g/mol. The van der Waals surface area contributed by atoms with Crippen LogP contribution in [0.1, 0.15) is 35.1 Å². The Morgan fingerprint density at radius 2 is 1.62 bits per heavy atom. The number of amides is 2. The van der Waals surface area contributed by atoms with E-state index >= 15 is 0 Å². The molecule has 0 aliphatic rings. The fourth-order valence-electron chi connectivity index (χ4n) is 4.48. The lowest BCUT2D eigenvalue weighted by atomic mass is 10.0. The van der Waals surface area contributed by atoms with Crippen molar-refractivity contribution in [3.8, 4) is 0 Å². The Balaban J connectivity index is 1.86. The largest absolute Gasteiger partial charge is 0.357 e. The molecule has 3 aromatic rings. The van der Waals surface area contributed by atoms with E-state index in [1.807, 2.05) is 74.5 Å². The normalized spacial score (nSPS) is 12.0. The first-order valence-corrected chi connectivity index (χ1v) is 15.1. The lowest BCUT2D eigenvalue weighted by Crippen LogP contribution is -2.49. The molecule has 208 valence electrons. The van der Waals surface area contributed by atoms with Gasteiger partial charge in [-0.2, -0.15) is 0 Å². The summed E-state index contributed by atoms with van der Waals surface area (Å²) >= 11 is 6.06. The number of nitrogens with one attached hydrogen (secondary N) is 1. The molecule has 0 aliphatic heterocycles. The zero-order valence-electron chi connectivity index (χ0n) is 22.9. The van der Waals surface area contributed by atoms with Gasteiger partial charge in [0.25, 0.3) is 0 Å². The van der Waals surface area contributed by atoms with Gasteiger partial charge in [-0.05, 0) is 60.7 Å². The Labute approximate surface area is 236 Å². The van der Waals surface area contributed by atoms with E-state index in [1.54, 1.807) is 24.1 Å². The number of halogens is 1. The zero-order chi connectivity index (χ0) is 28.6. The third kappa shape index (κ3) is 8.57. The van der Waals surface area contributed by atoms with Crippen molar-refractivity contribution in [1.29, 1.82) is 0 Å². The van der Waals surface area contributed by atoms with Gasteiger partial charge in [-0.25, -0.2) is 8.42 Å². The van der Waals surface area contributed by atoms with Gasteiger partial charge < -0.3 is 10.2 Å². The number of hydrogen-bond donors (Lipinski definition) is 1. The van der Waals surface area contributed by atoms with Gasteiger partial charge in [0, 0.05) is 38.0 Å². The number of hydrogen-bond acceptors (Lipinski definition) is 4. The average molecular weight is 570 g/mol. The monoisotopic (exact) mass is 569 g/mol. The van der Waals surface area contributed by atoms with Gasteiger partial charge in [0.1, 0.15) is 6.04 Å². The Kier molecular flexibility index (Phi) is 10.5. The highest BCUT2D eigenvalue weighted by Gasteiger charge is 2.30. The first-order chi connectivity index (χ1) is 18.5. The van der Waals surface area contributed by atoms with Crippen LogP contribution < -0.4 is 9.62 Å². The number of nitrogens with zero attached hydrogens (tertiary/aromatic N) is 2. The minimum absolute atomic E-state index is 0.0761. The van der Waals surface area contributed by atoms with Gasteiger partial charge >= 0.3 is 0 Å². The Bertz CT molecular complexity index is 1380. The number of anilines is 1. The number of rotatable bonds is 12. The molecule has 3 aromatic carbocycles. The summed E-state index contributed by atoms with van der Waals surface area (Å²) in [7, 11) is -2.02. The summed E-state index contributed by atoms with van der Waals surface area (Å²) in [5.41, 5.74) is 4.16. The molecule has 0 aromatic heterocycles. The summed E-state index contributed by atoms with van der Waals surface area (Å²) in [6, 6.07) is 21.6. The number of carbonyl (C=O) groups is 2. The maximum atomic E-state index is 13.7. The van der Waals surface area contributed by atoms with Crippen molar-refractivity contribution in [2.24, 2.45) is 0 Å². The van der Waals surface area contributed by atoms with Gasteiger partial charge in [-0.1, -0.05) is 66.2 Å². The first kappa shape index (κ1) is 30.2. The van der Waals surface area contributed by atoms with E-state index in [4.69, 9.17) is 11.6 Å². The molecule has 2 amide bonds. The molecule has 0 radical (unpaired) electrons. The van der Waals surface area contributed by atoms with Crippen molar-refractivity contribution >= 4 is 39.1 Å². The fourth-order valence-corrected chi connectivity index (χ4v) is 5.62. The molecular formula is C30H36ClN3O4S. The van der Waals surface area contributed by atoms with Crippen LogP contribution >= 0.6 is 11.6 Å². The van der Waals surface area contributed by atoms with Crippen LogP contribution in [0.5, 0.6) is 0 Å². The van der Waals surface area contributed by atoms with E-state index in [9.17, 15) is 18.0 Å². The predicted octanol–water partition coefficient (Wildman–Crippen LogP) is 4.89. The van der Waals surface area contributed by atoms with Gasteiger partial charge in [0.05, 0.1) is 11.9 Å². The molecule has 1 unspecified atom stereocenters. The van der Waals surface area contributed by atoms with Crippen LogP contribution in [-0.4, -0.2) is 51.0 Å². The minimum atomic E-state index is -3.57. The van der Waals surface area contributed by atoms with Gasteiger partial charge in [0.15, 0.2) is 0 Å². The maximum Gasteiger partial charge on any atom is 0.242 e. The molecule has 0 saturated carbocycles. The molecule has 9 heteroatoms. The highest BCUT2D eigenvalue weighted by Crippen LogP contribution is 2.25. The molecule has 0 heterocycles. The van der Waals surface area contributed by atoms with Crippen LogP contribution in [0.25, 0.3) is 0 Å². The van der Waals surface area contributed by atoms with Crippen LogP contribution in [0.15, 0.2) is 72.8 Å². The fraction of sp³-hybridized carbons (Fsp3) is 0.333. The van der Waals surface area contributed by atoms with Gasteiger partial charge in [-0.15, -0.1) is 0 Å². The molecule has 1 N–H and O–H groups in total. The van der Waals surface area contributed by atoms with E-state index in [-0.39, 0.29) is 31.3 Å². The van der Waals surface area contributed by atoms with E-state index in [2.05, 4.69) is 5.32 Å². The third-order valence-electron chi connectivity index (χ3n) is 6.57. The van der Waals surface area contributed by atoms with Crippen molar-refractivity contribution in [1.82, 2.24) is 10.2 Å². The first-order valence-electron chi connectivity index (χ1n) is 12.8. The van der Waals surface area contributed by atoms with E-state index in [1.165, 1.54) is 10.6 Å². The van der Waals surface area contributed by atoms with Crippen molar-refractivity contribution < 1.29 is 18.0 Å². The average Bonchev–Trinajstić information content (AvgIpc) is 2.90. The van der Waals surface area contributed by atoms with Crippen LogP contribution in [0.3, 0.4) is 0 Å². The van der Waals surface area contributed by atoms with Gasteiger partial charge in [0.2, 0.25) is 21.8 Å². The van der Waals surface area contributed by atoms with Crippen molar-refractivity contribution in [3.05, 3.63) is 100 Å². The topological polar surface area (TPSA) is 86.8 Å². The second kappa shape index (κ2) is 13.6. The Morgan fingerprint density at radius 1 is 0.949 bits per heavy atom. The summed E-state index contributed by atoms with van der Waals surface area (Å²) in [5, 5.41) is 3.28. The Morgan fingerprint density at radius 3 is 2.23 bits per heavy atom. The second-order valence-electron chi connectivity index (χ2n) is 9.70.